The summed E-state index contributed by atoms with van der Waals surface area (Å²) in [5, 5.41) is 11.5. The number of hydrogen-bond acceptors (Lipinski definition) is 4. The monoisotopic (exact) mass is 423 g/mol. The van der Waals surface area contributed by atoms with Crippen molar-refractivity contribution in [2.24, 2.45) is 12.0 Å². The van der Waals surface area contributed by atoms with Crippen molar-refractivity contribution in [1.82, 2.24) is 9.55 Å². The summed E-state index contributed by atoms with van der Waals surface area (Å²) in [6, 6.07) is 9.46. The fourth-order valence-electron chi connectivity index (χ4n) is 3.89. The molecule has 0 amide bonds. The van der Waals surface area contributed by atoms with E-state index >= 15 is 0 Å². The van der Waals surface area contributed by atoms with Crippen LogP contribution < -0.4 is 0 Å². The standard InChI is InChI=1S/C21H18BrN3O2/c1-25-16-10-12(22)6-7-15(16)24-21(25)23-11-14-17(26)8-9-19-20(14)13-4-2-3-5-18(13)27-19/h6-11,26H,2-5H2,1H3/b23-11+. The minimum Gasteiger partial charge on any atom is -0.507 e. The fraction of sp³-hybridized carbons (Fsp3) is 0.238. The number of aromatic hydroxyl groups is 1. The highest BCUT2D eigenvalue weighted by atomic mass is 79.9. The summed E-state index contributed by atoms with van der Waals surface area (Å²) in [6.45, 7) is 0. The van der Waals surface area contributed by atoms with E-state index in [0.29, 0.717) is 11.5 Å². The van der Waals surface area contributed by atoms with E-state index in [1.165, 1.54) is 5.56 Å². The molecule has 0 bridgehead atoms. The van der Waals surface area contributed by atoms with Crippen LogP contribution >= 0.6 is 15.9 Å². The third kappa shape index (κ3) is 2.67. The van der Waals surface area contributed by atoms with Crippen molar-refractivity contribution in [1.29, 1.82) is 0 Å². The average Bonchev–Trinajstić information content (AvgIpc) is 3.19. The van der Waals surface area contributed by atoms with Crippen LogP contribution in [0.3, 0.4) is 0 Å². The van der Waals surface area contributed by atoms with Gasteiger partial charge in [-0.2, -0.15) is 0 Å². The summed E-state index contributed by atoms with van der Waals surface area (Å²) in [5.41, 5.74) is 4.61. The normalized spacial score (nSPS) is 14.4. The van der Waals surface area contributed by atoms with Crippen molar-refractivity contribution in [2.75, 3.05) is 0 Å². The third-order valence-corrected chi connectivity index (χ3v) is 5.76. The largest absolute Gasteiger partial charge is 0.507 e. The number of rotatable bonds is 2. The summed E-state index contributed by atoms with van der Waals surface area (Å²) < 4.78 is 8.97. The Balaban J connectivity index is 1.65. The molecule has 1 aliphatic carbocycles. The first-order chi connectivity index (χ1) is 13.1. The number of hydrogen-bond donors (Lipinski definition) is 1. The number of imidazole rings is 1. The van der Waals surface area contributed by atoms with Gasteiger partial charge in [0.05, 0.1) is 11.0 Å². The highest BCUT2D eigenvalue weighted by molar-refractivity contribution is 9.10. The van der Waals surface area contributed by atoms with Gasteiger partial charge in [-0.25, -0.2) is 9.98 Å². The molecule has 0 spiro atoms. The van der Waals surface area contributed by atoms with Crippen molar-refractivity contribution >= 4 is 50.1 Å². The molecule has 0 unspecified atom stereocenters. The van der Waals surface area contributed by atoms with Crippen LogP contribution in [0, 0.1) is 0 Å². The van der Waals surface area contributed by atoms with Crippen LogP contribution in [0.2, 0.25) is 0 Å². The van der Waals surface area contributed by atoms with Crippen molar-refractivity contribution in [3.8, 4) is 5.75 Å². The Labute approximate surface area is 164 Å². The number of benzene rings is 2. The Kier molecular flexibility index (Phi) is 3.82. The fourth-order valence-corrected chi connectivity index (χ4v) is 4.24. The first-order valence-corrected chi connectivity index (χ1v) is 9.83. The summed E-state index contributed by atoms with van der Waals surface area (Å²) >= 11 is 3.50. The maximum atomic E-state index is 10.5. The SMILES string of the molecule is Cn1c(/N=C/c2c(O)ccc3oc4c(c23)CCCC4)nc2ccc(Br)cc21. The lowest BCUT2D eigenvalue weighted by Crippen LogP contribution is -1.99. The van der Waals surface area contributed by atoms with Crippen molar-refractivity contribution in [3.05, 3.63) is 51.7 Å². The van der Waals surface area contributed by atoms with Gasteiger partial charge in [-0.3, -0.25) is 0 Å². The number of furan rings is 1. The average molecular weight is 424 g/mol. The minimum atomic E-state index is 0.210. The van der Waals surface area contributed by atoms with Crippen LogP contribution in [0.25, 0.3) is 22.0 Å². The zero-order valence-corrected chi connectivity index (χ0v) is 16.5. The maximum Gasteiger partial charge on any atom is 0.230 e. The molecule has 0 saturated carbocycles. The number of aliphatic imine (C=N–C) groups is 1. The Morgan fingerprint density at radius 3 is 2.96 bits per heavy atom. The third-order valence-electron chi connectivity index (χ3n) is 5.26. The zero-order valence-electron chi connectivity index (χ0n) is 14.9. The lowest BCUT2D eigenvalue weighted by Gasteiger charge is -2.09. The van der Waals surface area contributed by atoms with E-state index in [4.69, 9.17) is 4.42 Å². The van der Waals surface area contributed by atoms with Gasteiger partial charge in [-0.15, -0.1) is 0 Å². The number of fused-ring (bicyclic) bond motifs is 4. The van der Waals surface area contributed by atoms with E-state index in [1.54, 1.807) is 12.3 Å². The van der Waals surface area contributed by atoms with Gasteiger partial charge in [0, 0.05) is 40.7 Å². The quantitative estimate of drug-likeness (QED) is 0.438. The number of aromatic nitrogens is 2. The molecule has 0 fully saturated rings. The van der Waals surface area contributed by atoms with Gasteiger partial charge in [-0.05, 0) is 49.6 Å². The second kappa shape index (κ2) is 6.23. The first-order valence-electron chi connectivity index (χ1n) is 9.04. The molecule has 6 heteroatoms. The molecule has 0 aliphatic heterocycles. The van der Waals surface area contributed by atoms with Gasteiger partial charge in [-0.1, -0.05) is 15.9 Å². The predicted molar refractivity (Wildman–Crippen MR) is 110 cm³/mol. The minimum absolute atomic E-state index is 0.210. The molecule has 0 radical (unpaired) electrons. The van der Waals surface area contributed by atoms with Crippen molar-refractivity contribution in [2.45, 2.75) is 25.7 Å². The first kappa shape index (κ1) is 16.6. The van der Waals surface area contributed by atoms with E-state index in [-0.39, 0.29) is 5.75 Å². The summed E-state index contributed by atoms with van der Waals surface area (Å²) in [6.07, 6.45) is 5.94. The van der Waals surface area contributed by atoms with Gasteiger partial charge in [0.25, 0.3) is 0 Å². The second-order valence-corrected chi connectivity index (χ2v) is 7.86. The Bertz CT molecular complexity index is 1220. The molecule has 2 heterocycles. The highest BCUT2D eigenvalue weighted by Crippen LogP contribution is 2.37. The molecule has 1 N–H and O–H groups in total. The Morgan fingerprint density at radius 1 is 1.22 bits per heavy atom. The molecule has 136 valence electrons. The Morgan fingerprint density at radius 2 is 2.07 bits per heavy atom. The van der Waals surface area contributed by atoms with Gasteiger partial charge in [0.15, 0.2) is 0 Å². The number of nitrogens with zero attached hydrogens (tertiary/aromatic N) is 3. The molecule has 1 aliphatic rings. The van der Waals surface area contributed by atoms with E-state index in [1.807, 2.05) is 35.9 Å². The molecule has 4 aromatic rings. The van der Waals surface area contributed by atoms with Crippen LogP contribution in [0.15, 0.2) is 44.2 Å². The molecular weight excluding hydrogens is 406 g/mol. The van der Waals surface area contributed by atoms with Crippen molar-refractivity contribution < 1.29 is 9.52 Å². The smallest absolute Gasteiger partial charge is 0.230 e. The number of aryl methyl sites for hydroxylation is 3. The van der Waals surface area contributed by atoms with Crippen LogP contribution in [0.5, 0.6) is 5.75 Å². The van der Waals surface area contributed by atoms with Gasteiger partial charge in [0.2, 0.25) is 5.95 Å². The van der Waals surface area contributed by atoms with Crippen LogP contribution in [0.1, 0.15) is 29.7 Å². The van der Waals surface area contributed by atoms with E-state index < -0.39 is 0 Å². The van der Waals surface area contributed by atoms with Gasteiger partial charge < -0.3 is 14.1 Å². The van der Waals surface area contributed by atoms with E-state index in [9.17, 15) is 5.11 Å². The van der Waals surface area contributed by atoms with Crippen LogP contribution in [-0.2, 0) is 19.9 Å². The highest BCUT2D eigenvalue weighted by Gasteiger charge is 2.21. The van der Waals surface area contributed by atoms with Crippen molar-refractivity contribution in [3.63, 3.8) is 0 Å². The molecule has 5 nitrogen and oxygen atoms in total. The van der Waals surface area contributed by atoms with Crippen LogP contribution in [-0.4, -0.2) is 20.9 Å². The molecule has 0 saturated heterocycles. The molecular formula is C21H18BrN3O2. The molecule has 0 atom stereocenters. The molecule has 2 aromatic carbocycles. The second-order valence-electron chi connectivity index (χ2n) is 6.94. The maximum absolute atomic E-state index is 10.5. The van der Waals surface area contributed by atoms with E-state index in [2.05, 4.69) is 25.9 Å². The molecule has 5 rings (SSSR count). The lowest BCUT2D eigenvalue weighted by molar-refractivity contribution is 0.474. The predicted octanol–water partition coefficient (Wildman–Crippen LogP) is 5.42. The molecule has 2 aromatic heterocycles. The number of phenolic OH excluding ortho intramolecular Hbond substituents is 1. The van der Waals surface area contributed by atoms with Gasteiger partial charge >= 0.3 is 0 Å². The Hall–Kier alpha value is -2.60. The zero-order chi connectivity index (χ0) is 18.5. The molecule has 27 heavy (non-hydrogen) atoms. The van der Waals surface area contributed by atoms with E-state index in [0.717, 1.165) is 57.9 Å². The summed E-state index contributed by atoms with van der Waals surface area (Å²) in [5.74, 6) is 1.85. The number of halogens is 1. The lowest BCUT2D eigenvalue weighted by atomic mass is 9.94. The summed E-state index contributed by atoms with van der Waals surface area (Å²) in [7, 11) is 1.94. The summed E-state index contributed by atoms with van der Waals surface area (Å²) in [4.78, 5) is 9.18. The van der Waals surface area contributed by atoms with Crippen LogP contribution in [0.4, 0.5) is 5.95 Å². The number of phenols is 1. The topological polar surface area (TPSA) is 63.5 Å². The van der Waals surface area contributed by atoms with Gasteiger partial charge in [0.1, 0.15) is 17.1 Å².